The van der Waals surface area contributed by atoms with Crippen LogP contribution in [0.2, 0.25) is 0 Å². The van der Waals surface area contributed by atoms with Crippen molar-refractivity contribution >= 4 is 23.6 Å². The summed E-state index contributed by atoms with van der Waals surface area (Å²) in [6.45, 7) is 1.02. The van der Waals surface area contributed by atoms with E-state index in [0.29, 0.717) is 0 Å². The normalized spacial score (nSPS) is 13.3. The fraction of sp³-hybridized carbons (Fsp3) is 0.263. The molecule has 1 aliphatic rings. The summed E-state index contributed by atoms with van der Waals surface area (Å²) in [6.07, 6.45) is 1.97. The number of hydrogen-bond donors (Lipinski definition) is 0. The fourth-order valence-corrected chi connectivity index (χ4v) is 2.98. The van der Waals surface area contributed by atoms with E-state index in [1.165, 1.54) is 22.3 Å². The molecule has 116 valence electrons. The van der Waals surface area contributed by atoms with Crippen LogP contribution in [0.5, 0.6) is 0 Å². The largest absolute Gasteiger partial charge is 0.309 e. The average Bonchev–Trinajstić information content (AvgIpc) is 2.84. The monoisotopic (exact) mass is 317 g/mol. The molecule has 22 heavy (non-hydrogen) atoms. The Labute approximate surface area is 137 Å². The summed E-state index contributed by atoms with van der Waals surface area (Å²) in [5.74, 6) is -0.176. The second-order valence-electron chi connectivity index (χ2n) is 5.85. The van der Waals surface area contributed by atoms with Crippen molar-refractivity contribution in [2.45, 2.75) is 12.8 Å². The second kappa shape index (κ2) is 7.08. The summed E-state index contributed by atoms with van der Waals surface area (Å²) < 4.78 is 13.2. The molecule has 1 nitrogen and oxygen atoms in total. The molecule has 0 N–H and O–H groups in total. The lowest BCUT2D eigenvalue weighted by Gasteiger charge is -2.13. The molecular formula is C19H21ClFN. The van der Waals surface area contributed by atoms with Gasteiger partial charge in [-0.1, -0.05) is 36.4 Å². The number of nitrogens with zero attached hydrogens (tertiary/aromatic N) is 1. The van der Waals surface area contributed by atoms with Gasteiger partial charge in [-0.2, -0.15) is 0 Å². The summed E-state index contributed by atoms with van der Waals surface area (Å²) >= 11 is 0. The number of benzene rings is 2. The van der Waals surface area contributed by atoms with Crippen LogP contribution >= 0.6 is 12.4 Å². The maximum atomic E-state index is 13.2. The van der Waals surface area contributed by atoms with Crippen LogP contribution in [0.3, 0.4) is 0 Å². The minimum absolute atomic E-state index is 0. The van der Waals surface area contributed by atoms with Gasteiger partial charge < -0.3 is 4.90 Å². The molecule has 2 aromatic carbocycles. The topological polar surface area (TPSA) is 3.24 Å². The highest BCUT2D eigenvalue weighted by Crippen LogP contribution is 2.40. The maximum absolute atomic E-state index is 13.2. The van der Waals surface area contributed by atoms with Gasteiger partial charge in [0, 0.05) is 6.54 Å². The molecule has 0 atom stereocenters. The van der Waals surface area contributed by atoms with Gasteiger partial charge in [-0.3, -0.25) is 0 Å². The predicted molar refractivity (Wildman–Crippen MR) is 93.8 cm³/mol. The van der Waals surface area contributed by atoms with Gasteiger partial charge in [0.25, 0.3) is 0 Å². The molecule has 0 unspecified atom stereocenters. The molecule has 3 rings (SSSR count). The van der Waals surface area contributed by atoms with Gasteiger partial charge in [-0.25, -0.2) is 4.39 Å². The highest BCUT2D eigenvalue weighted by Gasteiger charge is 2.21. The third-order valence-corrected chi connectivity index (χ3v) is 4.08. The second-order valence-corrected chi connectivity index (χ2v) is 5.85. The zero-order chi connectivity index (χ0) is 14.8. The Morgan fingerprint density at radius 1 is 1.00 bits per heavy atom. The van der Waals surface area contributed by atoms with Crippen LogP contribution < -0.4 is 0 Å². The SMILES string of the molecule is CN(C)CCC1=C(c2ccc(F)cc2)Cc2ccccc21.Cl. The van der Waals surface area contributed by atoms with Crippen LogP contribution in [-0.2, 0) is 6.42 Å². The van der Waals surface area contributed by atoms with Crippen LogP contribution in [0.4, 0.5) is 4.39 Å². The van der Waals surface area contributed by atoms with E-state index in [-0.39, 0.29) is 18.2 Å². The Morgan fingerprint density at radius 2 is 1.68 bits per heavy atom. The molecule has 0 heterocycles. The minimum Gasteiger partial charge on any atom is -0.309 e. The first kappa shape index (κ1) is 16.7. The quantitative estimate of drug-likeness (QED) is 0.792. The fourth-order valence-electron chi connectivity index (χ4n) is 2.98. The number of fused-ring (bicyclic) bond motifs is 1. The molecule has 0 saturated heterocycles. The van der Waals surface area contributed by atoms with Crippen molar-refractivity contribution in [3.8, 4) is 0 Å². The lowest BCUT2D eigenvalue weighted by molar-refractivity contribution is 0.420. The molecule has 0 spiro atoms. The van der Waals surface area contributed by atoms with Crippen LogP contribution in [0.25, 0.3) is 11.1 Å². The molecule has 0 saturated carbocycles. The van der Waals surface area contributed by atoms with Gasteiger partial charge in [-0.15, -0.1) is 12.4 Å². The lowest BCUT2D eigenvalue weighted by Crippen LogP contribution is -2.13. The first-order valence-corrected chi connectivity index (χ1v) is 7.36. The van der Waals surface area contributed by atoms with Gasteiger partial charge >= 0.3 is 0 Å². The summed E-state index contributed by atoms with van der Waals surface area (Å²) in [6, 6.07) is 15.5. The van der Waals surface area contributed by atoms with E-state index in [2.05, 4.69) is 43.3 Å². The Balaban J connectivity index is 0.00000176. The maximum Gasteiger partial charge on any atom is 0.123 e. The Morgan fingerprint density at radius 3 is 2.36 bits per heavy atom. The van der Waals surface area contributed by atoms with E-state index < -0.39 is 0 Å². The molecule has 0 fully saturated rings. The summed E-state index contributed by atoms with van der Waals surface area (Å²) in [5.41, 5.74) is 6.63. The van der Waals surface area contributed by atoms with Crippen molar-refractivity contribution in [2.75, 3.05) is 20.6 Å². The van der Waals surface area contributed by atoms with E-state index in [0.717, 1.165) is 24.9 Å². The molecule has 2 aromatic rings. The Bertz CT molecular complexity index is 674. The van der Waals surface area contributed by atoms with Crippen LogP contribution in [0.15, 0.2) is 48.5 Å². The number of halogens is 2. The van der Waals surface area contributed by atoms with Crippen molar-refractivity contribution in [1.82, 2.24) is 4.90 Å². The third kappa shape index (κ3) is 3.40. The van der Waals surface area contributed by atoms with E-state index in [1.54, 1.807) is 12.1 Å². The summed E-state index contributed by atoms with van der Waals surface area (Å²) in [4.78, 5) is 2.20. The molecule has 0 amide bonds. The van der Waals surface area contributed by atoms with Gasteiger partial charge in [0.05, 0.1) is 0 Å². The molecular weight excluding hydrogens is 297 g/mol. The predicted octanol–water partition coefficient (Wildman–Crippen LogP) is 4.67. The molecule has 0 bridgehead atoms. The zero-order valence-corrected chi connectivity index (χ0v) is 13.8. The van der Waals surface area contributed by atoms with E-state index >= 15 is 0 Å². The molecule has 0 aliphatic heterocycles. The number of rotatable bonds is 4. The molecule has 0 aromatic heterocycles. The van der Waals surface area contributed by atoms with Crippen molar-refractivity contribution in [1.29, 1.82) is 0 Å². The average molecular weight is 318 g/mol. The van der Waals surface area contributed by atoms with Crippen LogP contribution in [0.1, 0.15) is 23.1 Å². The molecule has 1 aliphatic carbocycles. The van der Waals surface area contributed by atoms with Gasteiger partial charge in [-0.05, 0) is 66.9 Å². The number of allylic oxidation sites excluding steroid dienone is 1. The van der Waals surface area contributed by atoms with Crippen molar-refractivity contribution in [3.05, 3.63) is 71.0 Å². The first-order valence-electron chi connectivity index (χ1n) is 7.36. The lowest BCUT2D eigenvalue weighted by atomic mass is 9.98. The van der Waals surface area contributed by atoms with Gasteiger partial charge in [0.1, 0.15) is 5.82 Å². The molecule has 0 radical (unpaired) electrons. The minimum atomic E-state index is -0.176. The Hall–Kier alpha value is -1.64. The van der Waals surface area contributed by atoms with E-state index in [4.69, 9.17) is 0 Å². The van der Waals surface area contributed by atoms with E-state index in [1.807, 2.05) is 12.1 Å². The summed E-state index contributed by atoms with van der Waals surface area (Å²) in [5, 5.41) is 0. The van der Waals surface area contributed by atoms with Crippen LogP contribution in [0, 0.1) is 5.82 Å². The van der Waals surface area contributed by atoms with Crippen molar-refractivity contribution in [3.63, 3.8) is 0 Å². The Kier molecular flexibility index (Phi) is 5.38. The van der Waals surface area contributed by atoms with Crippen molar-refractivity contribution in [2.24, 2.45) is 0 Å². The van der Waals surface area contributed by atoms with Gasteiger partial charge in [0.15, 0.2) is 0 Å². The highest BCUT2D eigenvalue weighted by molar-refractivity contribution is 5.97. The smallest absolute Gasteiger partial charge is 0.123 e. The number of hydrogen-bond acceptors (Lipinski definition) is 1. The zero-order valence-electron chi connectivity index (χ0n) is 13.0. The highest BCUT2D eigenvalue weighted by atomic mass is 35.5. The first-order chi connectivity index (χ1) is 10.1. The van der Waals surface area contributed by atoms with E-state index in [9.17, 15) is 4.39 Å². The summed E-state index contributed by atoms with van der Waals surface area (Å²) in [7, 11) is 4.19. The van der Waals surface area contributed by atoms with Crippen LogP contribution in [-0.4, -0.2) is 25.5 Å². The molecule has 3 heteroatoms. The third-order valence-electron chi connectivity index (χ3n) is 4.08. The van der Waals surface area contributed by atoms with Gasteiger partial charge in [0.2, 0.25) is 0 Å². The standard InChI is InChI=1S/C19H20FN.ClH/c1-21(2)12-11-18-17-6-4-3-5-15(17)13-19(18)14-7-9-16(20)10-8-14;/h3-10H,11-13H2,1-2H3;1H. The van der Waals surface area contributed by atoms with Crippen molar-refractivity contribution < 1.29 is 4.39 Å².